The molecule has 3 rings (SSSR count). The van der Waals surface area contributed by atoms with E-state index in [0.717, 1.165) is 6.42 Å². The molecule has 2 aromatic rings. The minimum Gasteiger partial charge on any atom is -0.353 e. The third-order valence-electron chi connectivity index (χ3n) is 5.46. The van der Waals surface area contributed by atoms with Gasteiger partial charge in [0.2, 0.25) is 5.91 Å². The van der Waals surface area contributed by atoms with Gasteiger partial charge in [-0.3, -0.25) is 9.59 Å². The Balaban J connectivity index is 1.53. The molecule has 1 aromatic heterocycles. The van der Waals surface area contributed by atoms with Crippen LogP contribution in [0.15, 0.2) is 29.1 Å². The topological polar surface area (TPSA) is 76.9 Å². The third kappa shape index (κ3) is 4.06. The summed E-state index contributed by atoms with van der Waals surface area (Å²) in [6.07, 6.45) is 4.47. The van der Waals surface area contributed by atoms with Gasteiger partial charge in [-0.25, -0.2) is 4.68 Å². The number of nitrogens with one attached hydrogen (secondary N) is 1. The lowest BCUT2D eigenvalue weighted by atomic mass is 9.78. The van der Waals surface area contributed by atoms with Crippen LogP contribution in [0.3, 0.4) is 0 Å². The van der Waals surface area contributed by atoms with Crippen molar-refractivity contribution < 1.29 is 4.79 Å². The van der Waals surface area contributed by atoms with Crippen molar-refractivity contribution in [3.63, 3.8) is 0 Å². The van der Waals surface area contributed by atoms with Crippen LogP contribution in [-0.4, -0.2) is 26.9 Å². The summed E-state index contributed by atoms with van der Waals surface area (Å²) in [6, 6.07) is 7.45. The van der Waals surface area contributed by atoms with Gasteiger partial charge < -0.3 is 5.32 Å². The van der Waals surface area contributed by atoms with Crippen molar-refractivity contribution in [3.05, 3.63) is 34.6 Å². The molecular formula is C19H26N4O2. The fourth-order valence-corrected chi connectivity index (χ4v) is 3.62. The first-order valence-corrected chi connectivity index (χ1v) is 9.18. The Bertz CT molecular complexity index is 801. The summed E-state index contributed by atoms with van der Waals surface area (Å²) in [5.41, 5.74) is 0.447. The molecule has 6 heteroatoms. The summed E-state index contributed by atoms with van der Waals surface area (Å²) in [4.78, 5) is 24.6. The van der Waals surface area contributed by atoms with E-state index in [9.17, 15) is 9.59 Å². The number of fused-ring (bicyclic) bond motifs is 1. The van der Waals surface area contributed by atoms with E-state index in [0.29, 0.717) is 42.1 Å². The van der Waals surface area contributed by atoms with E-state index >= 15 is 0 Å². The zero-order valence-electron chi connectivity index (χ0n) is 14.9. The molecule has 0 aliphatic heterocycles. The maximum atomic E-state index is 12.4. The summed E-state index contributed by atoms with van der Waals surface area (Å²) >= 11 is 0. The van der Waals surface area contributed by atoms with Gasteiger partial charge in [-0.2, -0.15) is 0 Å². The van der Waals surface area contributed by atoms with Gasteiger partial charge in [-0.15, -0.1) is 5.10 Å². The Morgan fingerprint density at radius 3 is 2.92 bits per heavy atom. The van der Waals surface area contributed by atoms with Crippen molar-refractivity contribution in [1.82, 2.24) is 20.3 Å². The molecular weight excluding hydrogens is 316 g/mol. The Morgan fingerprint density at radius 2 is 2.08 bits per heavy atom. The van der Waals surface area contributed by atoms with Gasteiger partial charge in [0, 0.05) is 19.0 Å². The van der Waals surface area contributed by atoms with Gasteiger partial charge >= 0.3 is 0 Å². The molecule has 1 aliphatic carbocycles. The Hall–Kier alpha value is -2.24. The lowest BCUT2D eigenvalue weighted by Gasteiger charge is -2.34. The molecule has 1 fully saturated rings. The highest BCUT2D eigenvalue weighted by Crippen LogP contribution is 2.29. The highest BCUT2D eigenvalue weighted by molar-refractivity contribution is 5.77. The van der Waals surface area contributed by atoms with E-state index in [2.05, 4.69) is 29.5 Å². The summed E-state index contributed by atoms with van der Waals surface area (Å²) in [7, 11) is 0. The molecule has 0 saturated heterocycles. The molecule has 1 aromatic carbocycles. The summed E-state index contributed by atoms with van der Waals surface area (Å²) in [5, 5.41) is 11.8. The number of hydrogen-bond acceptors (Lipinski definition) is 4. The van der Waals surface area contributed by atoms with Gasteiger partial charge in [0.25, 0.3) is 5.56 Å². The molecule has 1 aliphatic rings. The third-order valence-corrected chi connectivity index (χ3v) is 5.46. The van der Waals surface area contributed by atoms with Gasteiger partial charge in [-0.1, -0.05) is 44.0 Å². The summed E-state index contributed by atoms with van der Waals surface area (Å²) in [6.45, 7) is 4.88. The first-order chi connectivity index (χ1) is 12.1. The van der Waals surface area contributed by atoms with Crippen molar-refractivity contribution in [1.29, 1.82) is 0 Å². The first-order valence-electron chi connectivity index (χ1n) is 9.18. The molecule has 134 valence electrons. The number of nitrogens with zero attached hydrogens (tertiary/aromatic N) is 3. The fraction of sp³-hybridized carbons (Fsp3) is 0.579. The maximum absolute atomic E-state index is 12.4. The smallest absolute Gasteiger partial charge is 0.277 e. The fourth-order valence-electron chi connectivity index (χ4n) is 3.62. The predicted octanol–water partition coefficient (Wildman–Crippen LogP) is 2.51. The second kappa shape index (κ2) is 7.76. The number of aromatic nitrogens is 3. The number of hydrogen-bond donors (Lipinski definition) is 1. The zero-order chi connectivity index (χ0) is 17.8. The molecule has 0 radical (unpaired) electrons. The minimum absolute atomic E-state index is 0.0627. The molecule has 6 nitrogen and oxygen atoms in total. The van der Waals surface area contributed by atoms with Crippen molar-refractivity contribution in [2.24, 2.45) is 11.8 Å². The van der Waals surface area contributed by atoms with E-state index in [1.54, 1.807) is 12.1 Å². The highest BCUT2D eigenvalue weighted by Gasteiger charge is 2.27. The molecule has 1 heterocycles. The van der Waals surface area contributed by atoms with Gasteiger partial charge in [0.1, 0.15) is 5.52 Å². The minimum atomic E-state index is -0.152. The van der Waals surface area contributed by atoms with E-state index in [1.165, 1.54) is 17.5 Å². The average molecular weight is 342 g/mol. The van der Waals surface area contributed by atoms with Gasteiger partial charge in [0.15, 0.2) is 0 Å². The Labute approximate surface area is 147 Å². The largest absolute Gasteiger partial charge is 0.353 e. The van der Waals surface area contributed by atoms with Crippen LogP contribution in [0, 0.1) is 11.8 Å². The zero-order valence-corrected chi connectivity index (χ0v) is 14.9. The summed E-state index contributed by atoms with van der Waals surface area (Å²) in [5.74, 6) is 1.24. The molecule has 1 saturated carbocycles. The maximum Gasteiger partial charge on any atom is 0.277 e. The normalized spacial score (nSPS) is 23.5. The average Bonchev–Trinajstić information content (AvgIpc) is 2.61. The van der Waals surface area contributed by atoms with Crippen LogP contribution < -0.4 is 10.9 Å². The van der Waals surface area contributed by atoms with Crippen LogP contribution in [0.5, 0.6) is 0 Å². The molecule has 25 heavy (non-hydrogen) atoms. The Morgan fingerprint density at radius 1 is 1.28 bits per heavy atom. The van der Waals surface area contributed by atoms with Gasteiger partial charge in [-0.05, 0) is 36.8 Å². The van der Waals surface area contributed by atoms with Crippen molar-refractivity contribution in [3.8, 4) is 0 Å². The van der Waals surface area contributed by atoms with Crippen LogP contribution in [0.2, 0.25) is 0 Å². The molecule has 0 bridgehead atoms. The van der Waals surface area contributed by atoms with Crippen molar-refractivity contribution in [2.45, 2.75) is 58.5 Å². The molecule has 0 unspecified atom stereocenters. The number of amides is 1. The molecule has 3 atom stereocenters. The predicted molar refractivity (Wildman–Crippen MR) is 97.1 cm³/mol. The van der Waals surface area contributed by atoms with Crippen molar-refractivity contribution in [2.75, 3.05) is 0 Å². The number of rotatable bonds is 5. The highest BCUT2D eigenvalue weighted by atomic mass is 16.1. The lowest BCUT2D eigenvalue weighted by Crippen LogP contribution is -2.43. The second-order valence-corrected chi connectivity index (χ2v) is 7.18. The van der Waals surface area contributed by atoms with Crippen LogP contribution in [0.4, 0.5) is 0 Å². The van der Waals surface area contributed by atoms with Crippen molar-refractivity contribution >= 4 is 16.8 Å². The lowest BCUT2D eigenvalue weighted by molar-refractivity contribution is -0.122. The quantitative estimate of drug-likeness (QED) is 0.906. The number of carbonyl (C=O) groups is 1. The number of carbonyl (C=O) groups excluding carboxylic acids is 1. The second-order valence-electron chi connectivity index (χ2n) is 7.18. The number of benzene rings is 1. The van der Waals surface area contributed by atoms with Gasteiger partial charge in [0.05, 0.1) is 5.39 Å². The number of aryl methyl sites for hydroxylation is 1. The van der Waals surface area contributed by atoms with Crippen LogP contribution >= 0.6 is 0 Å². The first kappa shape index (κ1) is 17.6. The monoisotopic (exact) mass is 342 g/mol. The standard InChI is InChI=1S/C19H26N4O2/c1-13-7-5-10-16(14(13)2)20-18(24)11-6-12-23-19(25)15-8-3-4-9-17(15)21-22-23/h3-4,8-9,13-14,16H,5-7,10-12H2,1-2H3,(H,20,24)/t13-,14+,16+/m1/s1. The Kier molecular flexibility index (Phi) is 5.46. The molecule has 1 amide bonds. The van der Waals surface area contributed by atoms with Crippen LogP contribution in [0.1, 0.15) is 46.0 Å². The van der Waals surface area contributed by atoms with Crippen LogP contribution in [0.25, 0.3) is 10.9 Å². The summed E-state index contributed by atoms with van der Waals surface area (Å²) < 4.78 is 1.35. The van der Waals surface area contributed by atoms with E-state index in [-0.39, 0.29) is 17.5 Å². The van der Waals surface area contributed by atoms with E-state index in [1.807, 2.05) is 12.1 Å². The molecule has 0 spiro atoms. The molecule has 1 N–H and O–H groups in total. The SMILES string of the molecule is C[C@H]1[C@H](C)CCC[C@@H]1NC(=O)CCCn1nnc2ccccc2c1=O. The van der Waals surface area contributed by atoms with E-state index < -0.39 is 0 Å². The van der Waals surface area contributed by atoms with Crippen LogP contribution in [-0.2, 0) is 11.3 Å². The van der Waals surface area contributed by atoms with E-state index in [4.69, 9.17) is 0 Å².